The van der Waals surface area contributed by atoms with Crippen LogP contribution < -0.4 is 0 Å². The van der Waals surface area contributed by atoms with Gasteiger partial charge in [0, 0.05) is 21.5 Å². The molecule has 4 heterocycles. The second-order valence-electron chi connectivity index (χ2n) is 12.7. The van der Waals surface area contributed by atoms with Gasteiger partial charge in [0.05, 0.1) is 68.1 Å². The number of rotatable bonds is 4. The van der Waals surface area contributed by atoms with Crippen LogP contribution in [0, 0.1) is 0 Å². The van der Waals surface area contributed by atoms with Crippen LogP contribution in [0.2, 0.25) is 0 Å². The highest BCUT2D eigenvalue weighted by molar-refractivity contribution is 6.11. The Morgan fingerprint density at radius 1 is 0.393 bits per heavy atom. The standard InChI is InChI=1S/C39H18F12N4O/c40-36(41,42)19-1-7-25-26-8-2-20(37(43,44)45)14-32(26)54(31(25)13-19)23-5-11-29(52-17-23)35(56)30-12-6-24(18-53-30)55-33-15-21(38(46,47)48)3-9-27(33)28-10-4-22(16-34(28)55)39(49,50)51/h1-18H. The Bertz CT molecular complexity index is 2520. The lowest BCUT2D eigenvalue weighted by molar-refractivity contribution is -0.138. The second-order valence-corrected chi connectivity index (χ2v) is 12.7. The SMILES string of the molecule is O=C(c1ccc(-n2c3cc(C(F)(F)F)ccc3c3ccc(C(F)(F)F)cc32)cn1)c1ccc(-n2c3cc(C(F)(F)F)ccc3c3ccc(C(F)(F)F)cc32)cn1. The number of halogens is 12. The molecule has 0 aliphatic heterocycles. The van der Waals surface area contributed by atoms with E-state index >= 15 is 0 Å². The first-order valence-corrected chi connectivity index (χ1v) is 16.1. The number of fused-ring (bicyclic) bond motifs is 6. The highest BCUT2D eigenvalue weighted by Crippen LogP contribution is 2.41. The van der Waals surface area contributed by atoms with E-state index in [1.807, 2.05) is 0 Å². The van der Waals surface area contributed by atoms with Crippen LogP contribution in [0.1, 0.15) is 38.4 Å². The van der Waals surface area contributed by atoms with Crippen molar-refractivity contribution in [2.75, 3.05) is 0 Å². The molecule has 8 rings (SSSR count). The lowest BCUT2D eigenvalue weighted by atomic mass is 10.1. The van der Waals surface area contributed by atoms with E-state index < -0.39 is 52.7 Å². The average Bonchev–Trinajstić information content (AvgIpc) is 3.64. The Kier molecular flexibility index (Phi) is 8.04. The third-order valence-corrected chi connectivity index (χ3v) is 9.32. The van der Waals surface area contributed by atoms with Crippen molar-refractivity contribution in [3.05, 3.63) is 143 Å². The Hall–Kier alpha value is -6.39. The number of nitrogens with zero attached hydrogens (tertiary/aromatic N) is 4. The lowest BCUT2D eigenvalue weighted by Crippen LogP contribution is -2.09. The highest BCUT2D eigenvalue weighted by atomic mass is 19.4. The van der Waals surface area contributed by atoms with Gasteiger partial charge >= 0.3 is 24.7 Å². The number of hydrogen-bond acceptors (Lipinski definition) is 3. The van der Waals surface area contributed by atoms with E-state index in [9.17, 15) is 57.5 Å². The molecule has 4 aromatic carbocycles. The zero-order valence-electron chi connectivity index (χ0n) is 27.6. The van der Waals surface area contributed by atoms with E-state index in [0.717, 1.165) is 94.3 Å². The number of carbonyl (C=O) groups is 1. The monoisotopic (exact) mass is 786 g/mol. The molecule has 0 aliphatic carbocycles. The van der Waals surface area contributed by atoms with E-state index in [2.05, 4.69) is 9.97 Å². The predicted octanol–water partition coefficient (Wildman–Crippen LogP) is 12.0. The second kappa shape index (κ2) is 12.3. The molecular weight excluding hydrogens is 768 g/mol. The fourth-order valence-electron chi connectivity index (χ4n) is 6.74. The van der Waals surface area contributed by atoms with E-state index in [1.165, 1.54) is 24.3 Å². The highest BCUT2D eigenvalue weighted by Gasteiger charge is 2.35. The molecule has 0 saturated carbocycles. The summed E-state index contributed by atoms with van der Waals surface area (Å²) in [4.78, 5) is 21.7. The molecule has 56 heavy (non-hydrogen) atoms. The van der Waals surface area contributed by atoms with Gasteiger partial charge in [0.25, 0.3) is 0 Å². The molecule has 0 atom stereocenters. The molecule has 0 spiro atoms. The number of pyridine rings is 2. The molecule has 284 valence electrons. The molecule has 0 N–H and O–H groups in total. The molecule has 5 nitrogen and oxygen atoms in total. The fourth-order valence-corrected chi connectivity index (χ4v) is 6.74. The Morgan fingerprint density at radius 3 is 0.875 bits per heavy atom. The van der Waals surface area contributed by atoms with E-state index in [0.29, 0.717) is 0 Å². The van der Waals surface area contributed by atoms with Gasteiger partial charge in [-0.1, -0.05) is 24.3 Å². The minimum absolute atomic E-state index is 0.0197. The molecule has 0 fully saturated rings. The average molecular weight is 787 g/mol. The van der Waals surface area contributed by atoms with Gasteiger partial charge in [-0.15, -0.1) is 0 Å². The molecule has 4 aromatic heterocycles. The van der Waals surface area contributed by atoms with Crippen LogP contribution in [-0.2, 0) is 24.7 Å². The first kappa shape index (κ1) is 36.6. The van der Waals surface area contributed by atoms with Crippen molar-refractivity contribution >= 4 is 49.4 Å². The first-order chi connectivity index (χ1) is 26.2. The van der Waals surface area contributed by atoms with Crippen molar-refractivity contribution in [1.29, 1.82) is 0 Å². The van der Waals surface area contributed by atoms with Gasteiger partial charge in [0.15, 0.2) is 0 Å². The zero-order valence-corrected chi connectivity index (χ0v) is 27.6. The molecule has 0 radical (unpaired) electrons. The molecule has 8 aromatic rings. The molecule has 0 aliphatic rings. The number of aromatic nitrogens is 4. The van der Waals surface area contributed by atoms with Crippen molar-refractivity contribution in [3.8, 4) is 11.4 Å². The van der Waals surface area contributed by atoms with Crippen molar-refractivity contribution in [1.82, 2.24) is 19.1 Å². The van der Waals surface area contributed by atoms with Crippen LogP contribution in [0.5, 0.6) is 0 Å². The molecule has 0 bridgehead atoms. The van der Waals surface area contributed by atoms with Crippen molar-refractivity contribution in [2.24, 2.45) is 0 Å². The third kappa shape index (κ3) is 6.16. The van der Waals surface area contributed by atoms with Gasteiger partial charge in [-0.25, -0.2) is 0 Å². The Labute approximate surface area is 305 Å². The summed E-state index contributed by atoms with van der Waals surface area (Å²) in [6, 6.07) is 15.9. The number of alkyl halides is 12. The number of carbonyl (C=O) groups excluding carboxylic acids is 1. The normalized spacial score (nSPS) is 13.1. The van der Waals surface area contributed by atoms with Crippen LogP contribution in [0.3, 0.4) is 0 Å². The van der Waals surface area contributed by atoms with E-state index in [1.54, 1.807) is 0 Å². The summed E-state index contributed by atoms with van der Waals surface area (Å²) in [5.74, 6) is -0.801. The Balaban J connectivity index is 1.19. The van der Waals surface area contributed by atoms with Crippen molar-refractivity contribution < 1.29 is 57.5 Å². The maximum absolute atomic E-state index is 13.7. The quantitative estimate of drug-likeness (QED) is 0.132. The lowest BCUT2D eigenvalue weighted by Gasteiger charge is -2.12. The van der Waals surface area contributed by atoms with Crippen LogP contribution in [-0.4, -0.2) is 24.9 Å². The van der Waals surface area contributed by atoms with Crippen LogP contribution in [0.4, 0.5) is 52.7 Å². The largest absolute Gasteiger partial charge is 0.416 e. The fraction of sp³-hybridized carbons (Fsp3) is 0.103. The molecule has 0 saturated heterocycles. The number of ketones is 1. The van der Waals surface area contributed by atoms with E-state index in [4.69, 9.17) is 0 Å². The maximum Gasteiger partial charge on any atom is 0.416 e. The summed E-state index contributed by atoms with van der Waals surface area (Å²) in [5.41, 5.74) is -5.00. The molecule has 0 amide bonds. The summed E-state index contributed by atoms with van der Waals surface area (Å²) in [7, 11) is 0. The van der Waals surface area contributed by atoms with Gasteiger partial charge in [-0.05, 0) is 72.8 Å². The molecule has 0 unspecified atom stereocenters. The minimum atomic E-state index is -4.77. The van der Waals surface area contributed by atoms with Crippen molar-refractivity contribution in [2.45, 2.75) is 24.7 Å². The first-order valence-electron chi connectivity index (χ1n) is 16.1. The summed E-state index contributed by atoms with van der Waals surface area (Å²) in [5, 5.41) is 0.884. The van der Waals surface area contributed by atoms with Gasteiger partial charge < -0.3 is 9.13 Å². The third-order valence-electron chi connectivity index (χ3n) is 9.32. The topological polar surface area (TPSA) is 52.7 Å². The van der Waals surface area contributed by atoms with E-state index in [-0.39, 0.29) is 66.4 Å². The van der Waals surface area contributed by atoms with Crippen LogP contribution >= 0.6 is 0 Å². The zero-order chi connectivity index (χ0) is 40.1. The summed E-state index contributed by atoms with van der Waals surface area (Å²) >= 11 is 0. The van der Waals surface area contributed by atoms with Gasteiger partial charge in [0.1, 0.15) is 11.4 Å². The molecular formula is C39H18F12N4O. The molecule has 17 heteroatoms. The van der Waals surface area contributed by atoms with Crippen LogP contribution in [0.25, 0.3) is 55.0 Å². The summed E-state index contributed by atoms with van der Waals surface area (Å²) < 4.78 is 167. The summed E-state index contributed by atoms with van der Waals surface area (Å²) in [6.07, 6.45) is -16.9. The van der Waals surface area contributed by atoms with Gasteiger partial charge in [-0.3, -0.25) is 14.8 Å². The minimum Gasteiger partial charge on any atom is -0.308 e. The van der Waals surface area contributed by atoms with Crippen LogP contribution in [0.15, 0.2) is 109 Å². The smallest absolute Gasteiger partial charge is 0.308 e. The predicted molar refractivity (Wildman–Crippen MR) is 181 cm³/mol. The maximum atomic E-state index is 13.7. The summed E-state index contributed by atoms with van der Waals surface area (Å²) in [6.45, 7) is 0. The Morgan fingerprint density at radius 2 is 0.661 bits per heavy atom. The van der Waals surface area contributed by atoms with Gasteiger partial charge in [-0.2, -0.15) is 52.7 Å². The van der Waals surface area contributed by atoms with Crippen molar-refractivity contribution in [3.63, 3.8) is 0 Å². The number of hydrogen-bond donors (Lipinski definition) is 0. The number of benzene rings is 4. The van der Waals surface area contributed by atoms with Gasteiger partial charge in [0.2, 0.25) is 5.78 Å².